The molecule has 4 nitrogen and oxygen atoms in total. The number of aliphatic hydroxyl groups is 1. The van der Waals surface area contributed by atoms with Gasteiger partial charge in [0.25, 0.3) is 5.91 Å². The lowest BCUT2D eigenvalue weighted by molar-refractivity contribution is -0.0312. The van der Waals surface area contributed by atoms with Crippen molar-refractivity contribution in [3.8, 4) is 5.75 Å². The van der Waals surface area contributed by atoms with Crippen LogP contribution in [0.2, 0.25) is 0 Å². The second kappa shape index (κ2) is 5.14. The predicted molar refractivity (Wildman–Crippen MR) is 83.6 cm³/mol. The molecule has 0 fully saturated rings. The Balaban J connectivity index is 2.10. The highest BCUT2D eigenvalue weighted by atomic mass is 16.5. The average Bonchev–Trinajstić information content (AvgIpc) is 2.80. The van der Waals surface area contributed by atoms with Crippen LogP contribution in [-0.4, -0.2) is 23.0 Å². The van der Waals surface area contributed by atoms with Gasteiger partial charge in [-0.2, -0.15) is 0 Å². The molecule has 1 aliphatic heterocycles. The Morgan fingerprint density at radius 2 is 1.77 bits per heavy atom. The van der Waals surface area contributed by atoms with E-state index in [1.54, 1.807) is 18.2 Å². The van der Waals surface area contributed by atoms with Crippen LogP contribution in [0, 0.1) is 0 Å². The molecule has 1 heterocycles. The van der Waals surface area contributed by atoms with Crippen molar-refractivity contribution < 1.29 is 14.6 Å². The molecule has 2 aromatic carbocycles. The number of rotatable bonds is 3. The van der Waals surface area contributed by atoms with E-state index in [2.05, 4.69) is 0 Å². The van der Waals surface area contributed by atoms with Gasteiger partial charge < -0.3 is 9.84 Å². The van der Waals surface area contributed by atoms with E-state index in [4.69, 9.17) is 4.74 Å². The highest BCUT2D eigenvalue weighted by Gasteiger charge is 2.45. The van der Waals surface area contributed by atoms with Gasteiger partial charge in [0.05, 0.1) is 23.8 Å². The first-order valence-electron chi connectivity index (χ1n) is 7.22. The molecule has 0 bridgehead atoms. The van der Waals surface area contributed by atoms with Crippen LogP contribution in [0.1, 0.15) is 41.6 Å². The molecular formula is C18H19NO3. The number of methoxy groups -OCH3 is 1. The lowest BCUT2D eigenvalue weighted by Crippen LogP contribution is -2.44. The number of nitrogens with zero attached hydrogens (tertiary/aromatic N) is 1. The number of carbonyl (C=O) groups excluding carboxylic acids is 1. The van der Waals surface area contributed by atoms with E-state index in [0.29, 0.717) is 16.9 Å². The summed E-state index contributed by atoms with van der Waals surface area (Å²) in [7, 11) is 1.54. The smallest absolute Gasteiger partial charge is 0.257 e. The Hall–Kier alpha value is -2.33. The maximum absolute atomic E-state index is 12.8. The van der Waals surface area contributed by atoms with E-state index >= 15 is 0 Å². The zero-order valence-corrected chi connectivity index (χ0v) is 12.9. The van der Waals surface area contributed by atoms with E-state index < -0.39 is 11.8 Å². The summed E-state index contributed by atoms with van der Waals surface area (Å²) in [6.07, 6.45) is -1.02. The molecule has 1 aliphatic rings. The van der Waals surface area contributed by atoms with Crippen molar-refractivity contribution >= 4 is 5.91 Å². The van der Waals surface area contributed by atoms with Crippen LogP contribution in [0.3, 0.4) is 0 Å². The van der Waals surface area contributed by atoms with Crippen LogP contribution in [0.15, 0.2) is 48.5 Å². The second-order valence-corrected chi connectivity index (χ2v) is 5.90. The van der Waals surface area contributed by atoms with Crippen molar-refractivity contribution in [1.82, 2.24) is 4.90 Å². The minimum atomic E-state index is -1.02. The minimum Gasteiger partial charge on any atom is -0.496 e. The molecule has 0 radical (unpaired) electrons. The van der Waals surface area contributed by atoms with E-state index in [1.807, 2.05) is 44.2 Å². The molecule has 2 aromatic rings. The quantitative estimate of drug-likeness (QED) is 0.947. The van der Waals surface area contributed by atoms with Crippen LogP contribution in [0.5, 0.6) is 5.75 Å². The highest BCUT2D eigenvalue weighted by molar-refractivity contribution is 6.00. The Bertz CT molecular complexity index is 710. The molecule has 0 saturated heterocycles. The van der Waals surface area contributed by atoms with E-state index in [1.165, 1.54) is 12.0 Å². The van der Waals surface area contributed by atoms with Crippen molar-refractivity contribution in [1.29, 1.82) is 0 Å². The SMILES string of the molecule is COc1cccc2c1C(O)N(C(C)(C)c1ccccc1)C2=O. The van der Waals surface area contributed by atoms with Crippen molar-refractivity contribution in [2.45, 2.75) is 25.6 Å². The fraction of sp³-hybridized carbons (Fsp3) is 0.278. The van der Waals surface area contributed by atoms with Crippen molar-refractivity contribution in [2.24, 2.45) is 0 Å². The lowest BCUT2D eigenvalue weighted by atomic mass is 9.92. The van der Waals surface area contributed by atoms with E-state index in [-0.39, 0.29) is 5.91 Å². The third-order valence-corrected chi connectivity index (χ3v) is 4.32. The fourth-order valence-corrected chi connectivity index (χ4v) is 3.09. The molecule has 4 heteroatoms. The van der Waals surface area contributed by atoms with Crippen LogP contribution < -0.4 is 4.74 Å². The number of aliphatic hydroxyl groups excluding tert-OH is 1. The summed E-state index contributed by atoms with van der Waals surface area (Å²) in [6.45, 7) is 3.86. The number of fused-ring (bicyclic) bond motifs is 1. The van der Waals surface area contributed by atoms with Crippen molar-refractivity contribution in [3.63, 3.8) is 0 Å². The van der Waals surface area contributed by atoms with E-state index in [0.717, 1.165) is 5.56 Å². The van der Waals surface area contributed by atoms with Gasteiger partial charge in [-0.15, -0.1) is 0 Å². The topological polar surface area (TPSA) is 49.8 Å². The molecule has 1 N–H and O–H groups in total. The monoisotopic (exact) mass is 297 g/mol. The maximum atomic E-state index is 12.8. The third-order valence-electron chi connectivity index (χ3n) is 4.32. The summed E-state index contributed by atoms with van der Waals surface area (Å²) in [5, 5.41) is 10.7. The molecule has 0 aliphatic carbocycles. The summed E-state index contributed by atoms with van der Waals surface area (Å²) in [5.74, 6) is 0.347. The first-order chi connectivity index (χ1) is 10.5. The first-order valence-corrected chi connectivity index (χ1v) is 7.22. The first kappa shape index (κ1) is 14.6. The molecule has 3 rings (SSSR count). The van der Waals surface area contributed by atoms with Gasteiger partial charge in [-0.3, -0.25) is 9.69 Å². The largest absolute Gasteiger partial charge is 0.496 e. The average molecular weight is 297 g/mol. The van der Waals surface area contributed by atoms with Crippen LogP contribution in [-0.2, 0) is 5.54 Å². The number of ether oxygens (including phenoxy) is 1. The molecule has 1 amide bonds. The summed E-state index contributed by atoms with van der Waals surface area (Å²) in [6, 6.07) is 15.0. The Kier molecular flexibility index (Phi) is 3.41. The van der Waals surface area contributed by atoms with Gasteiger partial charge in [0.1, 0.15) is 5.75 Å². The number of carbonyl (C=O) groups is 1. The standard InChI is InChI=1S/C18H19NO3/c1-18(2,12-8-5-4-6-9-12)19-16(20)13-10-7-11-14(22-3)15(13)17(19)21/h4-11,17,21H,1-3H3. The molecule has 0 saturated carbocycles. The van der Waals surface area contributed by atoms with Crippen LogP contribution >= 0.6 is 0 Å². The van der Waals surface area contributed by atoms with Gasteiger partial charge in [-0.1, -0.05) is 36.4 Å². The zero-order valence-electron chi connectivity index (χ0n) is 12.9. The zero-order chi connectivity index (χ0) is 15.9. The summed E-state index contributed by atoms with van der Waals surface area (Å²) >= 11 is 0. The lowest BCUT2D eigenvalue weighted by Gasteiger charge is -2.38. The molecule has 22 heavy (non-hydrogen) atoms. The summed E-state index contributed by atoms with van der Waals surface area (Å²) < 4.78 is 5.30. The Morgan fingerprint density at radius 1 is 1.09 bits per heavy atom. The molecule has 0 spiro atoms. The van der Waals surface area contributed by atoms with Crippen LogP contribution in [0.25, 0.3) is 0 Å². The summed E-state index contributed by atoms with van der Waals surface area (Å²) in [5.41, 5.74) is 1.37. The number of hydrogen-bond acceptors (Lipinski definition) is 3. The molecular weight excluding hydrogens is 278 g/mol. The van der Waals surface area contributed by atoms with Crippen molar-refractivity contribution in [3.05, 3.63) is 65.2 Å². The van der Waals surface area contributed by atoms with Gasteiger partial charge in [-0.25, -0.2) is 0 Å². The van der Waals surface area contributed by atoms with Gasteiger partial charge in [0.2, 0.25) is 0 Å². The number of benzene rings is 2. The second-order valence-electron chi connectivity index (χ2n) is 5.90. The van der Waals surface area contributed by atoms with Crippen LogP contribution in [0.4, 0.5) is 0 Å². The van der Waals surface area contributed by atoms with Gasteiger partial charge in [0, 0.05) is 0 Å². The Morgan fingerprint density at radius 3 is 2.41 bits per heavy atom. The van der Waals surface area contributed by atoms with Gasteiger partial charge in [-0.05, 0) is 31.5 Å². The fourth-order valence-electron chi connectivity index (χ4n) is 3.09. The predicted octanol–water partition coefficient (Wildman–Crippen LogP) is 3.08. The van der Waals surface area contributed by atoms with E-state index in [9.17, 15) is 9.90 Å². The van der Waals surface area contributed by atoms with Gasteiger partial charge >= 0.3 is 0 Å². The minimum absolute atomic E-state index is 0.185. The molecule has 0 aromatic heterocycles. The molecule has 1 unspecified atom stereocenters. The molecule has 1 atom stereocenters. The maximum Gasteiger partial charge on any atom is 0.257 e. The number of hydrogen-bond donors (Lipinski definition) is 1. The molecule has 114 valence electrons. The van der Waals surface area contributed by atoms with Gasteiger partial charge in [0.15, 0.2) is 6.23 Å². The summed E-state index contributed by atoms with van der Waals surface area (Å²) in [4.78, 5) is 14.3. The third kappa shape index (κ3) is 1.99. The Labute approximate surface area is 130 Å². The highest BCUT2D eigenvalue weighted by Crippen LogP contribution is 2.44. The van der Waals surface area contributed by atoms with Crippen molar-refractivity contribution in [2.75, 3.05) is 7.11 Å². The normalized spacial score (nSPS) is 17.5. The number of amides is 1.